The number of halogens is 1. The van der Waals surface area contributed by atoms with E-state index in [4.69, 9.17) is 0 Å². The molecule has 1 aliphatic carbocycles. The Morgan fingerprint density at radius 2 is 1.73 bits per heavy atom. The van der Waals surface area contributed by atoms with Crippen molar-refractivity contribution < 1.29 is 17.6 Å². The van der Waals surface area contributed by atoms with Gasteiger partial charge in [-0.05, 0) is 62.4 Å². The lowest BCUT2D eigenvalue weighted by Crippen LogP contribution is -2.47. The molecule has 30 heavy (non-hydrogen) atoms. The van der Waals surface area contributed by atoms with E-state index in [1.54, 1.807) is 0 Å². The third-order valence-corrected chi connectivity index (χ3v) is 7.81. The van der Waals surface area contributed by atoms with Crippen LogP contribution in [0, 0.1) is 18.7 Å². The van der Waals surface area contributed by atoms with Crippen LogP contribution in [-0.2, 0) is 21.4 Å². The summed E-state index contributed by atoms with van der Waals surface area (Å²) in [6, 6.07) is 13.3. The Bertz CT molecular complexity index is 1000. The standard InChI is InChI=1S/C23H27FN2O3S/c1-17-4-6-18(7-5-17)15-26(21-10-11-21)23(27)19-3-2-14-25(16-19)30(28,29)22-12-8-20(24)9-13-22/h4-9,12-13,19,21H,2-3,10-11,14-16H2,1H3. The molecule has 2 fully saturated rings. The molecule has 1 saturated carbocycles. The number of aryl methyl sites for hydroxylation is 1. The molecular formula is C23H27FN2O3S. The zero-order chi connectivity index (χ0) is 21.3. The van der Waals surface area contributed by atoms with E-state index in [0.29, 0.717) is 25.9 Å². The average molecular weight is 431 g/mol. The fourth-order valence-corrected chi connectivity index (χ4v) is 5.54. The topological polar surface area (TPSA) is 57.7 Å². The molecule has 0 aromatic heterocycles. The number of sulfonamides is 1. The Balaban J connectivity index is 1.49. The number of nitrogens with zero attached hydrogens (tertiary/aromatic N) is 2. The highest BCUT2D eigenvalue weighted by molar-refractivity contribution is 7.89. The van der Waals surface area contributed by atoms with Crippen molar-refractivity contribution in [1.82, 2.24) is 9.21 Å². The summed E-state index contributed by atoms with van der Waals surface area (Å²) in [5.41, 5.74) is 2.27. The SMILES string of the molecule is Cc1ccc(CN(C(=O)C2CCCN(S(=O)(=O)c3ccc(F)cc3)C2)C2CC2)cc1. The van der Waals surface area contributed by atoms with Gasteiger partial charge >= 0.3 is 0 Å². The second-order valence-corrected chi connectivity index (χ2v) is 10.3. The molecule has 4 rings (SSSR count). The van der Waals surface area contributed by atoms with Crippen LogP contribution in [0.15, 0.2) is 53.4 Å². The Morgan fingerprint density at radius 3 is 2.37 bits per heavy atom. The first kappa shape index (κ1) is 21.0. The number of piperidine rings is 1. The van der Waals surface area contributed by atoms with Crippen LogP contribution in [0.1, 0.15) is 36.8 Å². The first-order valence-corrected chi connectivity index (χ1v) is 11.9. The normalized spacial score (nSPS) is 20.1. The van der Waals surface area contributed by atoms with E-state index in [1.807, 2.05) is 36.1 Å². The zero-order valence-corrected chi connectivity index (χ0v) is 17.9. The van der Waals surface area contributed by atoms with E-state index in [9.17, 15) is 17.6 Å². The molecule has 2 aromatic carbocycles. The quantitative estimate of drug-likeness (QED) is 0.702. The average Bonchev–Trinajstić information content (AvgIpc) is 3.58. The molecule has 0 radical (unpaired) electrons. The third kappa shape index (κ3) is 4.57. The van der Waals surface area contributed by atoms with Crippen LogP contribution in [0.3, 0.4) is 0 Å². The molecule has 1 aliphatic heterocycles. The predicted octanol–water partition coefficient (Wildman–Crippen LogP) is 3.73. The molecule has 7 heteroatoms. The summed E-state index contributed by atoms with van der Waals surface area (Å²) < 4.78 is 40.5. The van der Waals surface area contributed by atoms with E-state index < -0.39 is 15.8 Å². The summed E-state index contributed by atoms with van der Waals surface area (Å²) in [5, 5.41) is 0. The molecule has 1 heterocycles. The molecule has 2 aromatic rings. The molecule has 1 unspecified atom stereocenters. The molecule has 0 N–H and O–H groups in total. The summed E-state index contributed by atoms with van der Waals surface area (Å²) >= 11 is 0. The Labute approximate surface area is 177 Å². The van der Waals surface area contributed by atoms with Crippen molar-refractivity contribution in [2.24, 2.45) is 5.92 Å². The van der Waals surface area contributed by atoms with Gasteiger partial charge in [0.15, 0.2) is 0 Å². The van der Waals surface area contributed by atoms with E-state index >= 15 is 0 Å². The molecule has 0 bridgehead atoms. The smallest absolute Gasteiger partial charge is 0.243 e. The summed E-state index contributed by atoms with van der Waals surface area (Å²) in [4.78, 5) is 15.4. The van der Waals surface area contributed by atoms with Crippen LogP contribution >= 0.6 is 0 Å². The van der Waals surface area contributed by atoms with Gasteiger partial charge in [-0.3, -0.25) is 4.79 Å². The molecule has 160 valence electrons. The fourth-order valence-electron chi connectivity index (χ4n) is 4.02. The number of benzene rings is 2. The van der Waals surface area contributed by atoms with Crippen LogP contribution in [0.5, 0.6) is 0 Å². The number of carbonyl (C=O) groups excluding carboxylic acids is 1. The molecule has 5 nitrogen and oxygen atoms in total. The lowest BCUT2D eigenvalue weighted by molar-refractivity contribution is -0.138. The van der Waals surface area contributed by atoms with Gasteiger partial charge in [0.25, 0.3) is 0 Å². The number of hydrogen-bond donors (Lipinski definition) is 0. The molecule has 1 atom stereocenters. The Kier molecular flexibility index (Phi) is 5.93. The minimum absolute atomic E-state index is 0.0390. The Hall–Kier alpha value is -2.25. The minimum atomic E-state index is -3.74. The van der Waals surface area contributed by atoms with Gasteiger partial charge in [0.05, 0.1) is 10.8 Å². The van der Waals surface area contributed by atoms with Gasteiger partial charge in [0.2, 0.25) is 15.9 Å². The maximum atomic E-state index is 13.4. The van der Waals surface area contributed by atoms with Crippen molar-refractivity contribution >= 4 is 15.9 Å². The van der Waals surface area contributed by atoms with Crippen molar-refractivity contribution in [1.29, 1.82) is 0 Å². The van der Waals surface area contributed by atoms with Gasteiger partial charge in [-0.15, -0.1) is 0 Å². The highest BCUT2D eigenvalue weighted by atomic mass is 32.2. The molecule has 1 saturated heterocycles. The molecular weight excluding hydrogens is 403 g/mol. The van der Waals surface area contributed by atoms with E-state index in [2.05, 4.69) is 0 Å². The first-order chi connectivity index (χ1) is 14.3. The van der Waals surface area contributed by atoms with Crippen molar-refractivity contribution in [3.8, 4) is 0 Å². The molecule has 2 aliphatic rings. The van der Waals surface area contributed by atoms with Gasteiger partial charge in [-0.2, -0.15) is 4.31 Å². The second kappa shape index (κ2) is 8.47. The van der Waals surface area contributed by atoms with E-state index in [-0.39, 0.29) is 29.3 Å². The zero-order valence-electron chi connectivity index (χ0n) is 17.1. The van der Waals surface area contributed by atoms with Crippen LogP contribution in [0.2, 0.25) is 0 Å². The highest BCUT2D eigenvalue weighted by Gasteiger charge is 2.39. The van der Waals surface area contributed by atoms with Crippen molar-refractivity contribution in [3.63, 3.8) is 0 Å². The first-order valence-electron chi connectivity index (χ1n) is 10.5. The lowest BCUT2D eigenvalue weighted by atomic mass is 9.97. The summed E-state index contributed by atoms with van der Waals surface area (Å²) in [5.74, 6) is -0.783. The largest absolute Gasteiger partial charge is 0.335 e. The van der Waals surface area contributed by atoms with E-state index in [0.717, 1.165) is 30.5 Å². The van der Waals surface area contributed by atoms with Crippen molar-refractivity contribution in [2.45, 2.75) is 50.1 Å². The molecule has 0 spiro atoms. The maximum absolute atomic E-state index is 13.4. The molecule has 1 amide bonds. The number of amides is 1. The maximum Gasteiger partial charge on any atom is 0.243 e. The van der Waals surface area contributed by atoms with Crippen LogP contribution in [-0.4, -0.2) is 42.7 Å². The minimum Gasteiger partial charge on any atom is -0.335 e. The van der Waals surface area contributed by atoms with Crippen molar-refractivity contribution in [2.75, 3.05) is 13.1 Å². The van der Waals surface area contributed by atoms with Gasteiger partial charge in [-0.25, -0.2) is 12.8 Å². The summed E-state index contributed by atoms with van der Waals surface area (Å²) in [7, 11) is -3.74. The summed E-state index contributed by atoms with van der Waals surface area (Å²) in [6.45, 7) is 3.15. The fraction of sp³-hybridized carbons (Fsp3) is 0.435. The lowest BCUT2D eigenvalue weighted by Gasteiger charge is -2.34. The van der Waals surface area contributed by atoms with E-state index in [1.165, 1.54) is 22.0 Å². The number of carbonyl (C=O) groups is 1. The van der Waals surface area contributed by atoms with Crippen LogP contribution in [0.25, 0.3) is 0 Å². The van der Waals surface area contributed by atoms with Crippen molar-refractivity contribution in [3.05, 3.63) is 65.5 Å². The summed E-state index contributed by atoms with van der Waals surface area (Å²) in [6.07, 6.45) is 3.33. The predicted molar refractivity (Wildman–Crippen MR) is 113 cm³/mol. The Morgan fingerprint density at radius 1 is 1.07 bits per heavy atom. The van der Waals surface area contributed by atoms with Gasteiger partial charge < -0.3 is 4.90 Å². The third-order valence-electron chi connectivity index (χ3n) is 5.93. The monoisotopic (exact) mass is 430 g/mol. The second-order valence-electron chi connectivity index (χ2n) is 8.34. The van der Waals surface area contributed by atoms with Gasteiger partial charge in [0.1, 0.15) is 5.82 Å². The van der Waals surface area contributed by atoms with Crippen LogP contribution in [0.4, 0.5) is 4.39 Å². The highest BCUT2D eigenvalue weighted by Crippen LogP contribution is 2.32. The van der Waals surface area contributed by atoms with Gasteiger partial charge in [-0.1, -0.05) is 29.8 Å². The number of hydrogen-bond acceptors (Lipinski definition) is 3. The van der Waals surface area contributed by atoms with Gasteiger partial charge in [0, 0.05) is 25.7 Å². The van der Waals surface area contributed by atoms with Crippen LogP contribution < -0.4 is 0 Å². The number of rotatable bonds is 6.